The van der Waals surface area contributed by atoms with Crippen molar-refractivity contribution in [1.29, 1.82) is 0 Å². The fraction of sp³-hybridized carbons (Fsp3) is 0.286. The molecule has 0 aliphatic heterocycles. The van der Waals surface area contributed by atoms with Crippen molar-refractivity contribution in [3.63, 3.8) is 0 Å². The van der Waals surface area contributed by atoms with Gasteiger partial charge in [0.15, 0.2) is 0 Å². The first kappa shape index (κ1) is 20.3. The minimum Gasteiger partial charge on any atom is -0.435 e. The van der Waals surface area contributed by atoms with Gasteiger partial charge < -0.3 is 14.5 Å². The lowest BCUT2D eigenvalue weighted by Crippen LogP contribution is -2.32. The Morgan fingerprint density at radius 2 is 2.00 bits per heavy atom. The Morgan fingerprint density at radius 3 is 2.80 bits per heavy atom. The molecule has 0 spiro atoms. The summed E-state index contributed by atoms with van der Waals surface area (Å²) in [4.78, 5) is 12.4. The van der Waals surface area contributed by atoms with Crippen LogP contribution in [-0.4, -0.2) is 28.5 Å². The Balaban J connectivity index is 1.32. The zero-order chi connectivity index (χ0) is 20.9. The maximum atomic E-state index is 12.4. The highest BCUT2D eigenvalue weighted by atomic mass is 32.2. The van der Waals surface area contributed by atoms with Crippen LogP contribution in [0, 0.1) is 0 Å². The lowest BCUT2D eigenvalue weighted by Gasteiger charge is -2.26. The number of alkyl halides is 2. The van der Waals surface area contributed by atoms with Crippen molar-refractivity contribution < 1.29 is 22.7 Å². The van der Waals surface area contributed by atoms with Gasteiger partial charge in [-0.05, 0) is 54.7 Å². The number of fused-ring (bicyclic) bond motifs is 1. The summed E-state index contributed by atoms with van der Waals surface area (Å²) >= 11 is 1.15. The van der Waals surface area contributed by atoms with Gasteiger partial charge in [0.25, 0.3) is 5.22 Å². The molecule has 9 heteroatoms. The third-order valence-electron chi connectivity index (χ3n) is 4.76. The van der Waals surface area contributed by atoms with Crippen molar-refractivity contribution in [2.75, 3.05) is 5.75 Å². The number of halogens is 2. The third-order valence-corrected chi connectivity index (χ3v) is 5.58. The van der Waals surface area contributed by atoms with Crippen LogP contribution >= 0.6 is 11.8 Å². The van der Waals surface area contributed by atoms with Crippen molar-refractivity contribution in [3.8, 4) is 17.2 Å². The maximum absolute atomic E-state index is 12.4. The number of amides is 1. The van der Waals surface area contributed by atoms with Crippen LogP contribution in [0.25, 0.3) is 11.5 Å². The fourth-order valence-corrected chi connectivity index (χ4v) is 4.01. The van der Waals surface area contributed by atoms with E-state index in [9.17, 15) is 13.6 Å². The van der Waals surface area contributed by atoms with Crippen LogP contribution in [0.15, 0.2) is 58.2 Å². The molecule has 2 aromatic carbocycles. The molecule has 0 saturated heterocycles. The predicted octanol–water partition coefficient (Wildman–Crippen LogP) is 4.62. The largest absolute Gasteiger partial charge is 0.435 e. The molecule has 0 radical (unpaired) electrons. The molecule has 6 nitrogen and oxygen atoms in total. The molecule has 1 atom stereocenters. The van der Waals surface area contributed by atoms with E-state index in [1.54, 1.807) is 12.1 Å². The van der Waals surface area contributed by atoms with Crippen molar-refractivity contribution in [3.05, 3.63) is 59.7 Å². The van der Waals surface area contributed by atoms with E-state index >= 15 is 0 Å². The van der Waals surface area contributed by atoms with Gasteiger partial charge in [-0.1, -0.05) is 36.0 Å². The molecule has 0 fully saturated rings. The third kappa shape index (κ3) is 4.96. The van der Waals surface area contributed by atoms with E-state index < -0.39 is 6.61 Å². The first-order valence-corrected chi connectivity index (χ1v) is 10.5. The molecule has 1 aliphatic carbocycles. The number of hydrogen-bond acceptors (Lipinski definition) is 6. The Bertz CT molecular complexity index is 1010. The van der Waals surface area contributed by atoms with E-state index in [4.69, 9.17) is 4.42 Å². The van der Waals surface area contributed by atoms with Gasteiger partial charge in [0.05, 0.1) is 11.8 Å². The normalized spacial score (nSPS) is 15.6. The van der Waals surface area contributed by atoms with Gasteiger partial charge in [-0.25, -0.2) is 0 Å². The van der Waals surface area contributed by atoms with Crippen molar-refractivity contribution in [1.82, 2.24) is 15.5 Å². The van der Waals surface area contributed by atoms with E-state index in [0.717, 1.165) is 31.0 Å². The molecule has 3 aromatic rings. The summed E-state index contributed by atoms with van der Waals surface area (Å²) in [7, 11) is 0. The minimum absolute atomic E-state index is 0.0234. The quantitative estimate of drug-likeness (QED) is 0.550. The zero-order valence-electron chi connectivity index (χ0n) is 15.9. The number of hydrogen-bond donors (Lipinski definition) is 1. The Kier molecular flexibility index (Phi) is 6.27. The maximum Gasteiger partial charge on any atom is 0.387 e. The molecular weight excluding hydrogens is 412 g/mol. The van der Waals surface area contributed by atoms with Crippen LogP contribution in [0.2, 0.25) is 0 Å². The van der Waals surface area contributed by atoms with Crippen LogP contribution in [0.4, 0.5) is 8.78 Å². The highest BCUT2D eigenvalue weighted by molar-refractivity contribution is 7.99. The summed E-state index contributed by atoms with van der Waals surface area (Å²) < 4.78 is 34.3. The van der Waals surface area contributed by atoms with Gasteiger partial charge in [-0.2, -0.15) is 8.78 Å². The molecule has 1 aliphatic rings. The monoisotopic (exact) mass is 431 g/mol. The number of carbonyl (C=O) groups excluding carboxylic acids is 1. The average molecular weight is 431 g/mol. The molecule has 1 N–H and O–H groups in total. The van der Waals surface area contributed by atoms with Crippen LogP contribution in [0.1, 0.15) is 30.0 Å². The number of rotatable bonds is 7. The number of thioether (sulfide) groups is 1. The lowest BCUT2D eigenvalue weighted by atomic mass is 9.88. The van der Waals surface area contributed by atoms with Gasteiger partial charge in [-0.15, -0.1) is 10.2 Å². The number of carbonyl (C=O) groups is 1. The van der Waals surface area contributed by atoms with E-state index in [-0.39, 0.29) is 34.6 Å². The summed E-state index contributed by atoms with van der Waals surface area (Å²) in [6.07, 6.45) is 3.00. The second-order valence-corrected chi connectivity index (χ2v) is 7.70. The highest BCUT2D eigenvalue weighted by Gasteiger charge is 2.21. The second kappa shape index (κ2) is 9.25. The van der Waals surface area contributed by atoms with Crippen LogP contribution in [0.5, 0.6) is 5.75 Å². The number of nitrogens with zero attached hydrogens (tertiary/aromatic N) is 2. The van der Waals surface area contributed by atoms with Crippen LogP contribution < -0.4 is 10.1 Å². The summed E-state index contributed by atoms with van der Waals surface area (Å²) in [5.41, 5.74) is 3.04. The number of ether oxygens (including phenoxy) is 1. The number of benzene rings is 2. The smallest absolute Gasteiger partial charge is 0.387 e. The van der Waals surface area contributed by atoms with Gasteiger partial charge in [-0.3, -0.25) is 4.79 Å². The molecule has 1 aromatic heterocycles. The van der Waals surface area contributed by atoms with E-state index in [0.29, 0.717) is 5.56 Å². The van der Waals surface area contributed by atoms with Crippen molar-refractivity contribution >= 4 is 17.7 Å². The second-order valence-electron chi connectivity index (χ2n) is 6.78. The average Bonchev–Trinajstić information content (AvgIpc) is 3.22. The molecule has 156 valence electrons. The van der Waals surface area contributed by atoms with E-state index in [1.807, 2.05) is 12.1 Å². The van der Waals surface area contributed by atoms with Gasteiger partial charge in [0.1, 0.15) is 5.75 Å². The highest BCUT2D eigenvalue weighted by Crippen LogP contribution is 2.30. The van der Waals surface area contributed by atoms with Crippen LogP contribution in [-0.2, 0) is 11.2 Å². The zero-order valence-corrected chi connectivity index (χ0v) is 16.7. The predicted molar refractivity (Wildman–Crippen MR) is 107 cm³/mol. The number of nitrogens with one attached hydrogen (secondary N) is 1. The molecule has 0 bridgehead atoms. The van der Waals surface area contributed by atoms with Gasteiger partial charge in [0.2, 0.25) is 11.8 Å². The standard InChI is InChI=1S/C21H19F2N3O3S/c22-20(23)28-15-10-8-14(9-11-15)19-25-26-21(29-19)30-12-18(27)24-17-7-3-5-13-4-1-2-6-16(13)17/h1-2,4,6,8-11,17,20H,3,5,7,12H2,(H,24,27). The fourth-order valence-electron chi connectivity index (χ4n) is 3.43. The first-order valence-electron chi connectivity index (χ1n) is 9.47. The summed E-state index contributed by atoms with van der Waals surface area (Å²) in [5.74, 6) is 0.336. The van der Waals surface area contributed by atoms with Crippen molar-refractivity contribution in [2.45, 2.75) is 37.1 Å². The van der Waals surface area contributed by atoms with E-state index in [2.05, 4.69) is 32.4 Å². The van der Waals surface area contributed by atoms with Gasteiger partial charge >= 0.3 is 6.61 Å². The van der Waals surface area contributed by atoms with Crippen molar-refractivity contribution in [2.24, 2.45) is 0 Å². The van der Waals surface area contributed by atoms with E-state index in [1.165, 1.54) is 23.3 Å². The topological polar surface area (TPSA) is 77.2 Å². The van der Waals surface area contributed by atoms with Crippen LogP contribution in [0.3, 0.4) is 0 Å². The molecule has 4 rings (SSSR count). The Morgan fingerprint density at radius 1 is 1.20 bits per heavy atom. The molecule has 30 heavy (non-hydrogen) atoms. The number of aryl methyl sites for hydroxylation is 1. The molecular formula is C21H19F2N3O3S. The first-order chi connectivity index (χ1) is 14.6. The Hall–Kier alpha value is -2.94. The summed E-state index contributed by atoms with van der Waals surface area (Å²) in [5, 5.41) is 11.2. The summed E-state index contributed by atoms with van der Waals surface area (Å²) in [6.45, 7) is -2.88. The summed E-state index contributed by atoms with van der Waals surface area (Å²) in [6, 6.07) is 14.1. The molecule has 1 unspecified atom stereocenters. The lowest BCUT2D eigenvalue weighted by molar-refractivity contribution is -0.119. The number of aromatic nitrogens is 2. The molecule has 1 amide bonds. The minimum atomic E-state index is -2.88. The van der Waals surface area contributed by atoms with Gasteiger partial charge in [0, 0.05) is 5.56 Å². The molecule has 1 heterocycles. The SMILES string of the molecule is O=C(CSc1nnc(-c2ccc(OC(F)F)cc2)o1)NC1CCCc2ccccc21. The molecule has 0 saturated carbocycles. The Labute approximate surface area is 176 Å².